The number of benzene rings is 2. The van der Waals surface area contributed by atoms with E-state index in [1.54, 1.807) is 16.6 Å². The number of aromatic nitrogens is 3. The van der Waals surface area contributed by atoms with Crippen molar-refractivity contribution in [1.82, 2.24) is 19.9 Å². The molecule has 2 aromatic heterocycles. The minimum Gasteiger partial charge on any atom is -0.355 e. The molecule has 0 fully saturated rings. The molecule has 1 amide bonds. The van der Waals surface area contributed by atoms with Gasteiger partial charge in [0.05, 0.1) is 12.1 Å². The van der Waals surface area contributed by atoms with Gasteiger partial charge in [-0.3, -0.25) is 4.79 Å². The van der Waals surface area contributed by atoms with Gasteiger partial charge in [-0.1, -0.05) is 29.8 Å². The van der Waals surface area contributed by atoms with Crippen LogP contribution in [-0.2, 0) is 17.6 Å². The fraction of sp³-hybridized carbons (Fsp3) is 0.190. The third kappa shape index (κ3) is 4.09. The average molecular weight is 394 g/mol. The fourth-order valence-corrected chi connectivity index (χ4v) is 3.87. The lowest BCUT2D eigenvalue weighted by atomic mass is 10.1. The standard InChI is InChI=1S/C21H19FN4OS/c1-14-3-2-4-15(11-14)12-19(27)23-10-9-18-13-28-21-24-20(25-26(18)21)16-5-7-17(22)8-6-16/h2-8,11,13H,9-10,12H2,1H3,(H,23,27). The number of thiazole rings is 1. The Kier molecular flexibility index (Phi) is 5.16. The second-order valence-electron chi connectivity index (χ2n) is 6.63. The lowest BCUT2D eigenvalue weighted by Gasteiger charge is -2.05. The quantitative estimate of drug-likeness (QED) is 0.541. The first-order valence-corrected chi connectivity index (χ1v) is 9.88. The Morgan fingerprint density at radius 3 is 2.82 bits per heavy atom. The Balaban J connectivity index is 1.38. The molecule has 1 N–H and O–H groups in total. The second kappa shape index (κ2) is 7.90. The molecular formula is C21H19FN4OS. The second-order valence-corrected chi connectivity index (χ2v) is 7.47. The van der Waals surface area contributed by atoms with Crippen molar-refractivity contribution in [3.63, 3.8) is 0 Å². The summed E-state index contributed by atoms with van der Waals surface area (Å²) in [6, 6.07) is 14.1. The van der Waals surface area contributed by atoms with E-state index in [-0.39, 0.29) is 11.7 Å². The molecule has 2 aromatic carbocycles. The highest BCUT2D eigenvalue weighted by Crippen LogP contribution is 2.21. The molecule has 0 spiro atoms. The maximum absolute atomic E-state index is 13.1. The molecule has 2 heterocycles. The number of hydrogen-bond acceptors (Lipinski definition) is 4. The average Bonchev–Trinajstić information content (AvgIpc) is 3.24. The molecule has 28 heavy (non-hydrogen) atoms. The van der Waals surface area contributed by atoms with Crippen molar-refractivity contribution >= 4 is 22.2 Å². The van der Waals surface area contributed by atoms with Crippen LogP contribution in [0.15, 0.2) is 53.9 Å². The summed E-state index contributed by atoms with van der Waals surface area (Å²) in [5, 5.41) is 9.49. The van der Waals surface area contributed by atoms with Crippen LogP contribution in [0.2, 0.25) is 0 Å². The molecule has 7 heteroatoms. The zero-order chi connectivity index (χ0) is 19.5. The molecule has 5 nitrogen and oxygen atoms in total. The molecule has 0 aliphatic rings. The first kappa shape index (κ1) is 18.3. The largest absolute Gasteiger partial charge is 0.355 e. The highest BCUT2D eigenvalue weighted by molar-refractivity contribution is 7.15. The van der Waals surface area contributed by atoms with E-state index in [9.17, 15) is 9.18 Å². The topological polar surface area (TPSA) is 59.3 Å². The minimum absolute atomic E-state index is 0.00247. The molecule has 0 atom stereocenters. The summed E-state index contributed by atoms with van der Waals surface area (Å²) < 4.78 is 14.9. The van der Waals surface area contributed by atoms with Gasteiger partial charge >= 0.3 is 0 Å². The molecule has 0 unspecified atom stereocenters. The van der Waals surface area contributed by atoms with Gasteiger partial charge in [0.2, 0.25) is 10.9 Å². The molecule has 4 aromatic rings. The summed E-state index contributed by atoms with van der Waals surface area (Å²) in [7, 11) is 0. The van der Waals surface area contributed by atoms with Crippen molar-refractivity contribution < 1.29 is 9.18 Å². The van der Waals surface area contributed by atoms with E-state index in [0.717, 1.165) is 27.3 Å². The van der Waals surface area contributed by atoms with Gasteiger partial charge < -0.3 is 5.32 Å². The van der Waals surface area contributed by atoms with Crippen LogP contribution in [0.4, 0.5) is 4.39 Å². The van der Waals surface area contributed by atoms with Gasteiger partial charge in [-0.15, -0.1) is 16.4 Å². The number of hydrogen-bond donors (Lipinski definition) is 1. The first-order chi connectivity index (χ1) is 13.6. The van der Waals surface area contributed by atoms with Gasteiger partial charge in [-0.05, 0) is 36.8 Å². The Hall–Kier alpha value is -3.06. The van der Waals surface area contributed by atoms with E-state index >= 15 is 0 Å². The van der Waals surface area contributed by atoms with Crippen LogP contribution >= 0.6 is 11.3 Å². The number of halogens is 1. The van der Waals surface area contributed by atoms with Crippen molar-refractivity contribution in [2.24, 2.45) is 0 Å². The van der Waals surface area contributed by atoms with Crippen molar-refractivity contribution in [2.75, 3.05) is 6.54 Å². The molecule has 4 rings (SSSR count). The maximum Gasteiger partial charge on any atom is 0.224 e. The van der Waals surface area contributed by atoms with Crippen LogP contribution < -0.4 is 5.32 Å². The number of nitrogens with zero attached hydrogens (tertiary/aromatic N) is 3. The van der Waals surface area contributed by atoms with Crippen LogP contribution in [0.1, 0.15) is 16.8 Å². The van der Waals surface area contributed by atoms with Crippen LogP contribution in [0.25, 0.3) is 16.3 Å². The lowest BCUT2D eigenvalue weighted by molar-refractivity contribution is -0.120. The minimum atomic E-state index is -0.285. The van der Waals surface area contributed by atoms with Crippen LogP contribution in [0.3, 0.4) is 0 Å². The first-order valence-electron chi connectivity index (χ1n) is 9.00. The molecule has 0 aliphatic carbocycles. The summed E-state index contributed by atoms with van der Waals surface area (Å²) in [6.45, 7) is 2.55. The molecule has 142 valence electrons. The number of aryl methyl sites for hydroxylation is 1. The van der Waals surface area contributed by atoms with Crippen molar-refractivity contribution in [1.29, 1.82) is 0 Å². The number of nitrogens with one attached hydrogen (secondary N) is 1. The highest BCUT2D eigenvalue weighted by Gasteiger charge is 2.12. The maximum atomic E-state index is 13.1. The smallest absolute Gasteiger partial charge is 0.224 e. The summed E-state index contributed by atoms with van der Waals surface area (Å²) in [5.41, 5.74) is 3.91. The Bertz CT molecular complexity index is 1120. The molecular weight excluding hydrogens is 375 g/mol. The van der Waals surface area contributed by atoms with E-state index in [4.69, 9.17) is 0 Å². The van der Waals surface area contributed by atoms with E-state index in [0.29, 0.717) is 25.2 Å². The monoisotopic (exact) mass is 394 g/mol. The zero-order valence-electron chi connectivity index (χ0n) is 15.4. The van der Waals surface area contributed by atoms with Crippen molar-refractivity contribution in [3.05, 3.63) is 76.5 Å². The summed E-state index contributed by atoms with van der Waals surface area (Å²) >= 11 is 1.50. The molecule has 0 aliphatic heterocycles. The van der Waals surface area contributed by atoms with Gasteiger partial charge in [0, 0.05) is 23.9 Å². The molecule has 0 radical (unpaired) electrons. The predicted octanol–water partition coefficient (Wildman–Crippen LogP) is 3.81. The van der Waals surface area contributed by atoms with E-state index in [2.05, 4.69) is 15.4 Å². The summed E-state index contributed by atoms with van der Waals surface area (Å²) in [4.78, 5) is 17.4. The van der Waals surface area contributed by atoms with Gasteiger partial charge in [0.25, 0.3) is 0 Å². The zero-order valence-corrected chi connectivity index (χ0v) is 16.2. The normalized spacial score (nSPS) is 11.1. The third-order valence-corrected chi connectivity index (χ3v) is 5.27. The van der Waals surface area contributed by atoms with Gasteiger partial charge in [-0.25, -0.2) is 8.91 Å². The van der Waals surface area contributed by atoms with Crippen LogP contribution in [0.5, 0.6) is 0 Å². The van der Waals surface area contributed by atoms with Gasteiger partial charge in [-0.2, -0.15) is 4.98 Å². The van der Waals surface area contributed by atoms with Crippen LogP contribution in [0, 0.1) is 12.7 Å². The third-order valence-electron chi connectivity index (χ3n) is 4.40. The Labute approximate surface area is 165 Å². The summed E-state index contributed by atoms with van der Waals surface area (Å²) in [5.74, 6) is 0.283. The van der Waals surface area contributed by atoms with E-state index in [1.165, 1.54) is 23.5 Å². The number of carbonyl (C=O) groups is 1. The molecule has 0 saturated carbocycles. The van der Waals surface area contributed by atoms with Crippen molar-refractivity contribution in [2.45, 2.75) is 19.8 Å². The van der Waals surface area contributed by atoms with Gasteiger partial charge in [0.15, 0.2) is 5.82 Å². The molecule has 0 saturated heterocycles. The Morgan fingerprint density at radius 1 is 1.21 bits per heavy atom. The predicted molar refractivity (Wildman–Crippen MR) is 108 cm³/mol. The SMILES string of the molecule is Cc1cccc(CC(=O)NCCc2csc3nc(-c4ccc(F)cc4)nn23)c1. The van der Waals surface area contributed by atoms with Crippen LogP contribution in [-0.4, -0.2) is 27.0 Å². The van der Waals surface area contributed by atoms with E-state index in [1.807, 2.05) is 36.6 Å². The molecule has 0 bridgehead atoms. The number of fused-ring (bicyclic) bond motifs is 1. The highest BCUT2D eigenvalue weighted by atomic mass is 32.1. The summed E-state index contributed by atoms with van der Waals surface area (Å²) in [6.07, 6.45) is 1.03. The number of carbonyl (C=O) groups excluding carboxylic acids is 1. The Morgan fingerprint density at radius 2 is 2.04 bits per heavy atom. The lowest BCUT2D eigenvalue weighted by Crippen LogP contribution is -2.27. The van der Waals surface area contributed by atoms with Crippen molar-refractivity contribution in [3.8, 4) is 11.4 Å². The number of amides is 1. The number of rotatable bonds is 6. The van der Waals surface area contributed by atoms with E-state index < -0.39 is 0 Å². The fourth-order valence-electron chi connectivity index (χ4n) is 3.02. The van der Waals surface area contributed by atoms with Gasteiger partial charge in [0.1, 0.15) is 5.82 Å².